The molecule has 4 aromatic rings. The smallest absolute Gasteiger partial charge is 0.254 e. The van der Waals surface area contributed by atoms with Gasteiger partial charge in [-0.25, -0.2) is 9.37 Å². The van der Waals surface area contributed by atoms with Crippen molar-refractivity contribution in [3.05, 3.63) is 95.9 Å². The summed E-state index contributed by atoms with van der Waals surface area (Å²) < 4.78 is 13.2. The molecule has 33 heavy (non-hydrogen) atoms. The van der Waals surface area contributed by atoms with Crippen molar-refractivity contribution in [3.63, 3.8) is 0 Å². The Morgan fingerprint density at radius 2 is 1.70 bits per heavy atom. The molecule has 6 heteroatoms. The van der Waals surface area contributed by atoms with E-state index in [-0.39, 0.29) is 11.7 Å². The molecular formula is C27H25FN4O. The Hall–Kier alpha value is -3.64. The average Bonchev–Trinajstić information content (AvgIpc) is 3.10. The number of carbonyl (C=O) groups is 1. The summed E-state index contributed by atoms with van der Waals surface area (Å²) in [7, 11) is 0. The largest absolute Gasteiger partial charge is 0.337 e. The lowest BCUT2D eigenvalue weighted by Gasteiger charge is -2.23. The first-order valence-corrected chi connectivity index (χ1v) is 11.2. The van der Waals surface area contributed by atoms with Crippen molar-refractivity contribution in [2.75, 3.05) is 26.2 Å². The number of para-hydroxylation sites is 1. The second kappa shape index (κ2) is 9.46. The Labute approximate surface area is 192 Å². The molecule has 0 N–H and O–H groups in total. The highest BCUT2D eigenvalue weighted by atomic mass is 19.1. The molecule has 1 aliphatic rings. The Kier molecular flexibility index (Phi) is 6.09. The summed E-state index contributed by atoms with van der Waals surface area (Å²) in [6.45, 7) is 3.78. The van der Waals surface area contributed by atoms with Gasteiger partial charge in [0.15, 0.2) is 0 Å². The third-order valence-corrected chi connectivity index (χ3v) is 6.07. The zero-order valence-electron chi connectivity index (χ0n) is 18.3. The van der Waals surface area contributed by atoms with Crippen LogP contribution in [0.1, 0.15) is 22.3 Å². The topological polar surface area (TPSA) is 49.3 Å². The standard InChI is InChI=1S/C27H25FN4O/c28-21-11-9-20(10-12-21)19-31-14-5-15-32(17-16-31)27(33)23-18-26(25-8-3-4-13-29-25)30-24-7-2-1-6-22(23)24/h1-4,6-13,18H,5,14-17,19H2. The van der Waals surface area contributed by atoms with E-state index in [1.165, 1.54) is 12.1 Å². The van der Waals surface area contributed by atoms with Crippen LogP contribution in [0.25, 0.3) is 22.3 Å². The number of benzene rings is 2. The summed E-state index contributed by atoms with van der Waals surface area (Å²) in [5.41, 5.74) is 3.98. The minimum Gasteiger partial charge on any atom is -0.337 e. The van der Waals surface area contributed by atoms with E-state index in [2.05, 4.69) is 9.88 Å². The van der Waals surface area contributed by atoms with E-state index in [1.807, 2.05) is 65.6 Å². The normalized spacial score (nSPS) is 14.9. The molecule has 0 unspecified atom stereocenters. The van der Waals surface area contributed by atoms with Gasteiger partial charge in [0.1, 0.15) is 5.82 Å². The van der Waals surface area contributed by atoms with Crippen molar-refractivity contribution < 1.29 is 9.18 Å². The van der Waals surface area contributed by atoms with Crippen molar-refractivity contribution in [1.29, 1.82) is 0 Å². The number of fused-ring (bicyclic) bond motifs is 1. The first-order chi connectivity index (χ1) is 16.2. The van der Waals surface area contributed by atoms with Crippen LogP contribution in [0.3, 0.4) is 0 Å². The first kappa shape index (κ1) is 21.2. The summed E-state index contributed by atoms with van der Waals surface area (Å²) >= 11 is 0. The van der Waals surface area contributed by atoms with E-state index in [1.54, 1.807) is 6.20 Å². The highest BCUT2D eigenvalue weighted by Crippen LogP contribution is 2.25. The zero-order valence-corrected chi connectivity index (χ0v) is 18.3. The second-order valence-electron chi connectivity index (χ2n) is 8.34. The molecule has 0 atom stereocenters. The van der Waals surface area contributed by atoms with Gasteiger partial charge in [0.05, 0.1) is 22.5 Å². The van der Waals surface area contributed by atoms with Crippen molar-refractivity contribution in [3.8, 4) is 11.4 Å². The van der Waals surface area contributed by atoms with Crippen LogP contribution in [-0.2, 0) is 6.54 Å². The summed E-state index contributed by atoms with van der Waals surface area (Å²) in [5.74, 6) is -0.199. The van der Waals surface area contributed by atoms with Crippen LogP contribution < -0.4 is 0 Å². The van der Waals surface area contributed by atoms with Crippen LogP contribution in [0.4, 0.5) is 4.39 Å². The minimum atomic E-state index is -0.221. The van der Waals surface area contributed by atoms with Gasteiger partial charge in [0.25, 0.3) is 5.91 Å². The van der Waals surface area contributed by atoms with Gasteiger partial charge in [-0.05, 0) is 48.4 Å². The molecule has 0 saturated carbocycles. The van der Waals surface area contributed by atoms with Gasteiger partial charge in [-0.15, -0.1) is 0 Å². The van der Waals surface area contributed by atoms with Crippen LogP contribution in [0.2, 0.25) is 0 Å². The number of carbonyl (C=O) groups excluding carboxylic acids is 1. The lowest BCUT2D eigenvalue weighted by Crippen LogP contribution is -2.35. The second-order valence-corrected chi connectivity index (χ2v) is 8.34. The molecule has 0 radical (unpaired) electrons. The van der Waals surface area contributed by atoms with Crippen LogP contribution in [0, 0.1) is 5.82 Å². The molecule has 1 fully saturated rings. The van der Waals surface area contributed by atoms with Crippen LogP contribution >= 0.6 is 0 Å². The number of nitrogens with zero attached hydrogens (tertiary/aromatic N) is 4. The van der Waals surface area contributed by atoms with Gasteiger partial charge in [-0.1, -0.05) is 36.4 Å². The molecule has 166 valence electrons. The lowest BCUT2D eigenvalue weighted by molar-refractivity contribution is 0.0763. The Bertz CT molecular complexity index is 1260. The molecule has 5 rings (SSSR count). The number of aromatic nitrogens is 2. The summed E-state index contributed by atoms with van der Waals surface area (Å²) in [4.78, 5) is 27.1. The van der Waals surface area contributed by atoms with E-state index < -0.39 is 0 Å². The average molecular weight is 441 g/mol. The quantitative estimate of drug-likeness (QED) is 0.458. The van der Waals surface area contributed by atoms with E-state index >= 15 is 0 Å². The predicted octanol–water partition coefficient (Wildman–Crippen LogP) is 4.78. The fourth-order valence-corrected chi connectivity index (χ4v) is 4.35. The maximum atomic E-state index is 13.7. The SMILES string of the molecule is O=C(c1cc(-c2ccccn2)nc2ccccc12)N1CCCN(Cc2ccc(F)cc2)CC1. The van der Waals surface area contributed by atoms with Crippen molar-refractivity contribution >= 4 is 16.8 Å². The molecule has 2 aromatic carbocycles. The highest BCUT2D eigenvalue weighted by Gasteiger charge is 2.23. The van der Waals surface area contributed by atoms with E-state index in [9.17, 15) is 9.18 Å². The molecule has 0 aliphatic carbocycles. The van der Waals surface area contributed by atoms with Crippen molar-refractivity contribution in [1.82, 2.24) is 19.8 Å². The van der Waals surface area contributed by atoms with Gasteiger partial charge in [-0.3, -0.25) is 14.7 Å². The predicted molar refractivity (Wildman–Crippen MR) is 127 cm³/mol. The van der Waals surface area contributed by atoms with E-state index in [4.69, 9.17) is 4.98 Å². The molecule has 5 nitrogen and oxygen atoms in total. The van der Waals surface area contributed by atoms with Crippen molar-refractivity contribution in [2.24, 2.45) is 0 Å². The molecule has 1 saturated heterocycles. The summed E-state index contributed by atoms with van der Waals surface area (Å²) in [6, 6.07) is 22.0. The fourth-order valence-electron chi connectivity index (χ4n) is 4.35. The molecule has 0 spiro atoms. The van der Waals surface area contributed by atoms with Gasteiger partial charge in [0.2, 0.25) is 0 Å². The molecule has 0 bridgehead atoms. The zero-order chi connectivity index (χ0) is 22.6. The number of amides is 1. The van der Waals surface area contributed by atoms with Gasteiger partial charge >= 0.3 is 0 Å². The minimum absolute atomic E-state index is 0.0226. The Morgan fingerprint density at radius 3 is 2.52 bits per heavy atom. The van der Waals surface area contributed by atoms with E-state index in [0.717, 1.165) is 48.2 Å². The van der Waals surface area contributed by atoms with Crippen LogP contribution in [-0.4, -0.2) is 51.9 Å². The fraction of sp³-hybridized carbons (Fsp3) is 0.222. The number of pyridine rings is 2. The first-order valence-electron chi connectivity index (χ1n) is 11.2. The number of hydrogen-bond donors (Lipinski definition) is 0. The molecule has 1 aliphatic heterocycles. The molecular weight excluding hydrogens is 415 g/mol. The molecule has 1 amide bonds. The van der Waals surface area contributed by atoms with Gasteiger partial charge in [-0.2, -0.15) is 0 Å². The van der Waals surface area contributed by atoms with Crippen LogP contribution in [0.5, 0.6) is 0 Å². The summed E-state index contributed by atoms with van der Waals surface area (Å²) in [5, 5.41) is 0.856. The molecule has 2 aromatic heterocycles. The molecule has 3 heterocycles. The van der Waals surface area contributed by atoms with Crippen LogP contribution in [0.15, 0.2) is 79.0 Å². The maximum Gasteiger partial charge on any atom is 0.254 e. The van der Waals surface area contributed by atoms with Gasteiger partial charge in [0, 0.05) is 44.3 Å². The third-order valence-electron chi connectivity index (χ3n) is 6.07. The number of hydrogen-bond acceptors (Lipinski definition) is 4. The lowest BCUT2D eigenvalue weighted by atomic mass is 10.0. The number of rotatable bonds is 4. The Balaban J connectivity index is 1.38. The maximum absolute atomic E-state index is 13.7. The third kappa shape index (κ3) is 4.76. The van der Waals surface area contributed by atoms with Crippen molar-refractivity contribution in [2.45, 2.75) is 13.0 Å². The highest BCUT2D eigenvalue weighted by molar-refractivity contribution is 6.07. The summed E-state index contributed by atoms with van der Waals surface area (Å²) in [6.07, 6.45) is 2.63. The monoisotopic (exact) mass is 440 g/mol. The number of halogens is 1. The van der Waals surface area contributed by atoms with E-state index in [0.29, 0.717) is 24.3 Å². The van der Waals surface area contributed by atoms with Gasteiger partial charge < -0.3 is 4.90 Å². The Morgan fingerprint density at radius 1 is 0.879 bits per heavy atom.